The second-order valence-corrected chi connectivity index (χ2v) is 31.0. The van der Waals surface area contributed by atoms with Crippen molar-refractivity contribution >= 4 is 65.2 Å². The number of pyridine rings is 2. The van der Waals surface area contributed by atoms with Crippen LogP contribution in [-0.2, 0) is 9.31 Å². The van der Waals surface area contributed by atoms with Gasteiger partial charge in [-0.15, -0.1) is 0 Å². The van der Waals surface area contributed by atoms with Gasteiger partial charge in [0.1, 0.15) is 11.4 Å². The number of benzene rings is 14. The molecule has 577 valence electrons. The highest BCUT2D eigenvalue weighted by Crippen LogP contribution is 2.45. The summed E-state index contributed by atoms with van der Waals surface area (Å²) in [6.45, 7) is 8.34. The number of rotatable bonds is 14. The molecule has 7 heterocycles. The zero-order valence-corrected chi connectivity index (χ0v) is 67.7. The van der Waals surface area contributed by atoms with Gasteiger partial charge in [0.15, 0.2) is 29.1 Å². The standard InChI is InChI=1S/C50H33N5.C35H31BN2O2.C21H14ClN3.B/c1-5-15-34(16-6-1)35-25-29-40(30-26-35)49-51-48(39-21-11-4-12-22-39)52-50(53-49)41-31-27-37(28-32-41)45-46(38-19-9-3-10-20-38)54-55-44(36-17-7-2-8-18-36)33-42-23-13-14-24-43(42)47(45)55;1-34(2)35(3,4)40-36(39-34)28-21-19-25(20-22-28)31-32(26-15-9-6-10-16-26)37-38-30(24-13-7-5-8-14-24)23-27-17-11-12-18-29(27)33(31)38;22-21-24-19(17-9-5-2-6-10-17)23-20(25-21)18-13-11-16(12-14-18)15-7-3-1-4-8-15;/h1-33H;5-23H,1-4H3;1-14H;. The molecule has 0 saturated carbocycles. The summed E-state index contributed by atoms with van der Waals surface area (Å²) in [5.74, 6) is 3.01. The lowest BCUT2D eigenvalue weighted by Crippen LogP contribution is -2.41. The average Bonchev–Trinajstić information content (AvgIpc) is 1.59. The number of fused-ring (bicyclic) bond motifs is 6. The monoisotopic (exact) mass is 1580 g/mol. The van der Waals surface area contributed by atoms with Crippen molar-refractivity contribution in [3.05, 3.63) is 406 Å². The molecule has 0 spiro atoms. The topological polar surface area (TPSA) is 130 Å². The molecule has 0 N–H and O–H groups in total. The highest BCUT2D eigenvalue weighted by Gasteiger charge is 2.51. The van der Waals surface area contributed by atoms with E-state index in [1.54, 1.807) is 0 Å². The minimum atomic E-state index is -0.401. The number of hydrogen-bond acceptors (Lipinski definition) is 10. The van der Waals surface area contributed by atoms with Crippen LogP contribution in [0.15, 0.2) is 400 Å². The van der Waals surface area contributed by atoms with Gasteiger partial charge in [0.25, 0.3) is 0 Å². The molecule has 1 aliphatic rings. The van der Waals surface area contributed by atoms with E-state index in [4.69, 9.17) is 46.1 Å². The maximum absolute atomic E-state index is 6.33. The van der Waals surface area contributed by atoms with Crippen LogP contribution >= 0.6 is 11.6 Å². The van der Waals surface area contributed by atoms with E-state index in [-0.39, 0.29) is 24.9 Å². The van der Waals surface area contributed by atoms with Gasteiger partial charge in [0.05, 0.1) is 33.6 Å². The first-order valence-electron chi connectivity index (χ1n) is 40.2. The molecule has 6 aromatic heterocycles. The van der Waals surface area contributed by atoms with Crippen molar-refractivity contribution in [2.24, 2.45) is 0 Å². The van der Waals surface area contributed by atoms with Gasteiger partial charge in [-0.25, -0.2) is 29.0 Å². The Kier molecular flexibility index (Phi) is 21.6. The van der Waals surface area contributed by atoms with Gasteiger partial charge in [0.2, 0.25) is 5.28 Å². The Bertz CT molecular complexity index is 7030. The SMILES string of the molecule is CC1(C)OB(c2ccc(-c3c(-c4ccccc4)nn4c(-c5ccccc5)cc5ccccc5c34)cc2)OC1(C)C.Clc1nc(-c2ccccc2)nc(-c2ccc(-c3ccccc3)cc2)n1.[B].c1ccc(-c2ccc(-c3nc(-c4ccccc4)nc(-c4ccc(-c5c(-c6ccccc6)nn6c(-c7ccccc7)cc7ccccc7c56)cc4)n3)cc2)cc1. The lowest BCUT2D eigenvalue weighted by molar-refractivity contribution is 0.00578. The summed E-state index contributed by atoms with van der Waals surface area (Å²) in [6.07, 6.45) is 0. The Balaban J connectivity index is 0.000000133. The molecule has 21 rings (SSSR count). The van der Waals surface area contributed by atoms with Crippen LogP contribution in [0.2, 0.25) is 5.28 Å². The van der Waals surface area contributed by atoms with Crippen molar-refractivity contribution in [3.8, 4) is 146 Å². The van der Waals surface area contributed by atoms with Crippen LogP contribution in [0.4, 0.5) is 0 Å². The molecule has 0 amide bonds. The second-order valence-electron chi connectivity index (χ2n) is 30.6. The fraction of sp³-hybridized carbons (Fsp3) is 0.0566. The van der Waals surface area contributed by atoms with E-state index < -0.39 is 7.12 Å². The first-order valence-corrected chi connectivity index (χ1v) is 40.5. The van der Waals surface area contributed by atoms with Crippen molar-refractivity contribution in [1.29, 1.82) is 0 Å². The molecule has 0 aliphatic carbocycles. The molecule has 0 atom stereocenters. The van der Waals surface area contributed by atoms with Gasteiger partial charge in [-0.05, 0) is 101 Å². The van der Waals surface area contributed by atoms with E-state index in [0.29, 0.717) is 29.1 Å². The maximum atomic E-state index is 6.33. The summed E-state index contributed by atoms with van der Waals surface area (Å²) in [5.41, 5.74) is 24.3. The summed E-state index contributed by atoms with van der Waals surface area (Å²) in [4.78, 5) is 28.1. The second kappa shape index (κ2) is 33.7. The molecule has 12 nitrogen and oxygen atoms in total. The summed E-state index contributed by atoms with van der Waals surface area (Å²) in [6, 6.07) is 138. The zero-order valence-electron chi connectivity index (χ0n) is 66.9. The van der Waals surface area contributed by atoms with Crippen molar-refractivity contribution in [3.63, 3.8) is 0 Å². The molecule has 3 radical (unpaired) electrons. The van der Waals surface area contributed by atoms with E-state index in [1.165, 1.54) is 21.9 Å². The Morgan fingerprint density at radius 3 is 0.826 bits per heavy atom. The molecule has 0 bridgehead atoms. The maximum Gasteiger partial charge on any atom is 0.494 e. The van der Waals surface area contributed by atoms with Crippen molar-refractivity contribution < 1.29 is 9.31 Å². The molecule has 1 fully saturated rings. The van der Waals surface area contributed by atoms with Crippen LogP contribution in [-0.4, -0.2) is 75.9 Å². The minimum absolute atomic E-state index is 0. The largest absolute Gasteiger partial charge is 0.494 e. The van der Waals surface area contributed by atoms with E-state index in [9.17, 15) is 0 Å². The smallest absolute Gasteiger partial charge is 0.399 e. The third kappa shape index (κ3) is 15.9. The number of hydrogen-bond donors (Lipinski definition) is 0. The van der Waals surface area contributed by atoms with Crippen LogP contribution in [0.5, 0.6) is 0 Å². The van der Waals surface area contributed by atoms with E-state index in [0.717, 1.165) is 133 Å². The van der Waals surface area contributed by atoms with Crippen LogP contribution in [0.1, 0.15) is 27.7 Å². The molecule has 20 aromatic rings. The fourth-order valence-electron chi connectivity index (χ4n) is 15.6. The van der Waals surface area contributed by atoms with Crippen LogP contribution in [0.25, 0.3) is 179 Å². The lowest BCUT2D eigenvalue weighted by atomic mass is 9.78. The Labute approximate surface area is 710 Å². The molecular formula is C106H78B2ClN10O2. The van der Waals surface area contributed by atoms with E-state index in [1.807, 2.05) is 121 Å². The third-order valence-corrected chi connectivity index (χ3v) is 22.6. The van der Waals surface area contributed by atoms with Crippen LogP contribution in [0, 0.1) is 0 Å². The number of aromatic nitrogens is 10. The zero-order chi connectivity index (χ0) is 81.1. The fourth-order valence-corrected chi connectivity index (χ4v) is 15.7. The summed E-state index contributed by atoms with van der Waals surface area (Å²) in [5, 5.41) is 15.5. The quantitative estimate of drug-likeness (QED) is 0.0970. The molecule has 1 aliphatic heterocycles. The Morgan fingerprint density at radius 2 is 0.496 bits per heavy atom. The lowest BCUT2D eigenvalue weighted by Gasteiger charge is -2.32. The Morgan fingerprint density at radius 1 is 0.256 bits per heavy atom. The van der Waals surface area contributed by atoms with Crippen molar-refractivity contribution in [1.82, 2.24) is 49.1 Å². The van der Waals surface area contributed by atoms with E-state index >= 15 is 0 Å². The predicted molar refractivity (Wildman–Crippen MR) is 496 cm³/mol. The minimum Gasteiger partial charge on any atom is -0.399 e. The summed E-state index contributed by atoms with van der Waals surface area (Å²) >= 11 is 6.11. The summed E-state index contributed by atoms with van der Waals surface area (Å²) < 4.78 is 16.9. The summed E-state index contributed by atoms with van der Waals surface area (Å²) in [7, 11) is -0.401. The normalized spacial score (nSPS) is 12.7. The molecule has 14 aromatic carbocycles. The number of nitrogens with zero attached hydrogens (tertiary/aromatic N) is 10. The van der Waals surface area contributed by atoms with Crippen LogP contribution in [0.3, 0.4) is 0 Å². The average molecular weight is 1580 g/mol. The van der Waals surface area contributed by atoms with Gasteiger partial charge in [-0.2, -0.15) is 20.2 Å². The Hall–Kier alpha value is -14.7. The van der Waals surface area contributed by atoms with Gasteiger partial charge in [-0.3, -0.25) is 0 Å². The molecule has 1 saturated heterocycles. The van der Waals surface area contributed by atoms with Crippen molar-refractivity contribution in [2.75, 3.05) is 0 Å². The molecular weight excluding hydrogens is 1500 g/mol. The van der Waals surface area contributed by atoms with Gasteiger partial charge in [0, 0.05) is 80.4 Å². The molecule has 0 unspecified atom stereocenters. The van der Waals surface area contributed by atoms with Crippen molar-refractivity contribution in [2.45, 2.75) is 38.9 Å². The highest BCUT2D eigenvalue weighted by atomic mass is 35.5. The highest BCUT2D eigenvalue weighted by molar-refractivity contribution is 6.62. The molecule has 121 heavy (non-hydrogen) atoms. The van der Waals surface area contributed by atoms with Gasteiger partial charge in [-0.1, -0.05) is 388 Å². The first-order chi connectivity index (χ1) is 58.9. The van der Waals surface area contributed by atoms with Gasteiger partial charge < -0.3 is 9.31 Å². The van der Waals surface area contributed by atoms with Gasteiger partial charge >= 0.3 is 7.12 Å². The molecule has 15 heteroatoms. The third-order valence-electron chi connectivity index (χ3n) is 22.4. The van der Waals surface area contributed by atoms with E-state index in [2.05, 4.69) is 331 Å². The van der Waals surface area contributed by atoms with Crippen LogP contribution < -0.4 is 5.46 Å². The number of halogens is 1. The first kappa shape index (κ1) is 77.6. The predicted octanol–water partition coefficient (Wildman–Crippen LogP) is 25.3.